The average Bonchev–Trinajstić information content (AvgIpc) is 2.28. The van der Waals surface area contributed by atoms with Gasteiger partial charge < -0.3 is 20.3 Å². The summed E-state index contributed by atoms with van der Waals surface area (Å²) in [6.07, 6.45) is -0.811. The first-order valence-electron chi connectivity index (χ1n) is 5.30. The number of hydrogen-bond acceptors (Lipinski definition) is 4. The van der Waals surface area contributed by atoms with Gasteiger partial charge in [-0.15, -0.1) is 0 Å². The van der Waals surface area contributed by atoms with Crippen LogP contribution in [0.4, 0.5) is 0 Å². The Bertz CT molecular complexity index is 339. The molecule has 0 spiro atoms. The molecular formula is C12H19NO3. The van der Waals surface area contributed by atoms with Crippen molar-refractivity contribution in [3.63, 3.8) is 0 Å². The van der Waals surface area contributed by atoms with E-state index in [1.165, 1.54) is 0 Å². The molecule has 0 fully saturated rings. The summed E-state index contributed by atoms with van der Waals surface area (Å²) in [5.74, 6) is 1.38. The van der Waals surface area contributed by atoms with E-state index in [1.54, 1.807) is 20.1 Å². The van der Waals surface area contributed by atoms with E-state index in [4.69, 9.17) is 15.2 Å². The molecule has 2 atom stereocenters. The van der Waals surface area contributed by atoms with Crippen molar-refractivity contribution in [3.8, 4) is 11.5 Å². The molecule has 0 heterocycles. The normalized spacial score (nSPS) is 14.3. The summed E-state index contributed by atoms with van der Waals surface area (Å²) in [7, 11) is 1.60. The van der Waals surface area contributed by atoms with Crippen LogP contribution in [0.3, 0.4) is 0 Å². The number of aliphatic hydroxyl groups excluding tert-OH is 1. The Balaban J connectivity index is 2.91. The third-order valence-corrected chi connectivity index (χ3v) is 2.49. The molecule has 1 aromatic carbocycles. The van der Waals surface area contributed by atoms with E-state index in [0.29, 0.717) is 18.0 Å². The molecule has 0 aliphatic carbocycles. The topological polar surface area (TPSA) is 64.7 Å². The zero-order chi connectivity index (χ0) is 12.1. The molecule has 0 saturated carbocycles. The van der Waals surface area contributed by atoms with Crippen molar-refractivity contribution < 1.29 is 14.6 Å². The number of aliphatic hydroxyl groups is 1. The molecule has 90 valence electrons. The van der Waals surface area contributed by atoms with Crippen LogP contribution in [0.25, 0.3) is 0 Å². The number of benzene rings is 1. The lowest BCUT2D eigenvalue weighted by Crippen LogP contribution is -2.26. The van der Waals surface area contributed by atoms with Gasteiger partial charge in [-0.25, -0.2) is 0 Å². The van der Waals surface area contributed by atoms with Crippen LogP contribution < -0.4 is 15.2 Å². The van der Waals surface area contributed by atoms with Crippen LogP contribution in [0.1, 0.15) is 19.4 Å². The minimum absolute atomic E-state index is 0.280. The molecule has 16 heavy (non-hydrogen) atoms. The zero-order valence-electron chi connectivity index (χ0n) is 9.93. The molecule has 0 bridgehead atoms. The molecule has 0 saturated heterocycles. The van der Waals surface area contributed by atoms with Gasteiger partial charge in [0.1, 0.15) is 17.6 Å². The number of methoxy groups -OCH3 is 1. The Morgan fingerprint density at radius 3 is 2.56 bits per heavy atom. The molecule has 0 radical (unpaired) electrons. The minimum Gasteiger partial charge on any atom is -0.497 e. The average molecular weight is 225 g/mol. The van der Waals surface area contributed by atoms with Crippen molar-refractivity contribution in [1.29, 1.82) is 0 Å². The van der Waals surface area contributed by atoms with Gasteiger partial charge in [0.25, 0.3) is 0 Å². The molecule has 0 aromatic heterocycles. The van der Waals surface area contributed by atoms with Gasteiger partial charge in [0.05, 0.1) is 13.2 Å². The lowest BCUT2D eigenvalue weighted by Gasteiger charge is -2.19. The lowest BCUT2D eigenvalue weighted by atomic mass is 10.2. The molecule has 1 aromatic rings. The maximum Gasteiger partial charge on any atom is 0.128 e. The van der Waals surface area contributed by atoms with Crippen molar-refractivity contribution in [2.75, 3.05) is 7.11 Å². The van der Waals surface area contributed by atoms with Crippen LogP contribution in [-0.2, 0) is 6.54 Å². The molecule has 2 unspecified atom stereocenters. The van der Waals surface area contributed by atoms with E-state index < -0.39 is 6.10 Å². The number of ether oxygens (including phenoxy) is 2. The molecule has 1 rings (SSSR count). The first-order chi connectivity index (χ1) is 7.58. The van der Waals surface area contributed by atoms with E-state index >= 15 is 0 Å². The first kappa shape index (κ1) is 12.8. The highest BCUT2D eigenvalue weighted by atomic mass is 16.5. The SMILES string of the molecule is COc1ccc(CN)c(OC(C)C(C)O)c1. The Kier molecular flexibility index (Phi) is 4.58. The van der Waals surface area contributed by atoms with Crippen molar-refractivity contribution >= 4 is 0 Å². The number of hydrogen-bond donors (Lipinski definition) is 2. The van der Waals surface area contributed by atoms with E-state index in [0.717, 1.165) is 5.56 Å². The van der Waals surface area contributed by atoms with Crippen LogP contribution in [0, 0.1) is 0 Å². The fraction of sp³-hybridized carbons (Fsp3) is 0.500. The molecule has 3 N–H and O–H groups in total. The maximum atomic E-state index is 9.38. The van der Waals surface area contributed by atoms with Gasteiger partial charge in [-0.05, 0) is 19.9 Å². The van der Waals surface area contributed by atoms with Gasteiger partial charge in [0.2, 0.25) is 0 Å². The van der Waals surface area contributed by atoms with Crippen molar-refractivity contribution in [2.45, 2.75) is 32.6 Å². The summed E-state index contributed by atoms with van der Waals surface area (Å²) >= 11 is 0. The largest absolute Gasteiger partial charge is 0.497 e. The Morgan fingerprint density at radius 2 is 2.06 bits per heavy atom. The summed E-state index contributed by atoms with van der Waals surface area (Å²) in [6.45, 7) is 3.89. The van der Waals surface area contributed by atoms with Crippen LogP contribution in [0.2, 0.25) is 0 Å². The zero-order valence-corrected chi connectivity index (χ0v) is 9.93. The molecule has 0 aliphatic rings. The molecular weight excluding hydrogens is 206 g/mol. The van der Waals surface area contributed by atoms with Gasteiger partial charge in [-0.3, -0.25) is 0 Å². The predicted octanol–water partition coefficient (Wildman–Crippen LogP) is 1.30. The number of nitrogens with two attached hydrogens (primary N) is 1. The molecule has 4 nitrogen and oxygen atoms in total. The fourth-order valence-electron chi connectivity index (χ4n) is 1.24. The third-order valence-electron chi connectivity index (χ3n) is 2.49. The quantitative estimate of drug-likeness (QED) is 0.792. The second kappa shape index (κ2) is 5.72. The molecule has 0 amide bonds. The van der Waals surface area contributed by atoms with E-state index in [-0.39, 0.29) is 6.10 Å². The summed E-state index contributed by atoms with van der Waals surface area (Å²) in [5, 5.41) is 9.38. The summed E-state index contributed by atoms with van der Waals surface area (Å²) in [6, 6.07) is 5.48. The lowest BCUT2D eigenvalue weighted by molar-refractivity contribution is 0.0597. The van der Waals surface area contributed by atoms with Gasteiger partial charge in [-0.2, -0.15) is 0 Å². The highest BCUT2D eigenvalue weighted by Crippen LogP contribution is 2.25. The monoisotopic (exact) mass is 225 g/mol. The number of rotatable bonds is 5. The Morgan fingerprint density at radius 1 is 1.38 bits per heavy atom. The maximum absolute atomic E-state index is 9.38. The minimum atomic E-state index is -0.531. The van der Waals surface area contributed by atoms with Crippen LogP contribution in [0.5, 0.6) is 11.5 Å². The second-order valence-corrected chi connectivity index (χ2v) is 3.74. The van der Waals surface area contributed by atoms with Gasteiger partial charge >= 0.3 is 0 Å². The van der Waals surface area contributed by atoms with Crippen LogP contribution in [0.15, 0.2) is 18.2 Å². The van der Waals surface area contributed by atoms with Crippen LogP contribution in [-0.4, -0.2) is 24.4 Å². The first-order valence-corrected chi connectivity index (χ1v) is 5.30. The third kappa shape index (κ3) is 3.12. The standard InChI is InChI=1S/C12H19NO3/c1-8(14)9(2)16-12-6-11(15-3)5-4-10(12)7-13/h4-6,8-9,14H,7,13H2,1-3H3. The predicted molar refractivity (Wildman–Crippen MR) is 62.7 cm³/mol. The Hall–Kier alpha value is -1.26. The van der Waals surface area contributed by atoms with E-state index in [1.807, 2.05) is 19.1 Å². The van der Waals surface area contributed by atoms with Crippen molar-refractivity contribution in [3.05, 3.63) is 23.8 Å². The highest BCUT2D eigenvalue weighted by Gasteiger charge is 2.13. The summed E-state index contributed by atoms with van der Waals surface area (Å²) in [5.41, 5.74) is 6.51. The van der Waals surface area contributed by atoms with Gasteiger partial charge in [0.15, 0.2) is 0 Å². The van der Waals surface area contributed by atoms with Crippen molar-refractivity contribution in [1.82, 2.24) is 0 Å². The smallest absolute Gasteiger partial charge is 0.128 e. The molecule has 4 heteroatoms. The molecule has 0 aliphatic heterocycles. The summed E-state index contributed by atoms with van der Waals surface area (Å²) in [4.78, 5) is 0. The second-order valence-electron chi connectivity index (χ2n) is 3.74. The van der Waals surface area contributed by atoms with E-state index in [9.17, 15) is 5.11 Å². The van der Waals surface area contributed by atoms with Gasteiger partial charge in [-0.1, -0.05) is 6.07 Å². The highest BCUT2D eigenvalue weighted by molar-refractivity contribution is 5.40. The fourth-order valence-corrected chi connectivity index (χ4v) is 1.24. The Labute approximate surface area is 96.0 Å². The summed E-state index contributed by atoms with van der Waals surface area (Å²) < 4.78 is 10.7. The van der Waals surface area contributed by atoms with E-state index in [2.05, 4.69) is 0 Å². The van der Waals surface area contributed by atoms with Gasteiger partial charge in [0, 0.05) is 18.2 Å². The van der Waals surface area contributed by atoms with Crippen molar-refractivity contribution in [2.24, 2.45) is 5.73 Å². The van der Waals surface area contributed by atoms with Crippen LogP contribution >= 0.6 is 0 Å².